The number of carbonyl (C=O) groups excluding carboxylic acids is 1. The third kappa shape index (κ3) is 2.92. The van der Waals surface area contributed by atoms with Gasteiger partial charge in [0.25, 0.3) is 0 Å². The predicted molar refractivity (Wildman–Crippen MR) is 94.6 cm³/mol. The number of imidazole rings is 1. The van der Waals surface area contributed by atoms with Crippen LogP contribution >= 0.6 is 0 Å². The van der Waals surface area contributed by atoms with Crippen molar-refractivity contribution in [3.8, 4) is 5.75 Å². The van der Waals surface area contributed by atoms with Crippen LogP contribution in [-0.2, 0) is 17.6 Å². The zero-order valence-corrected chi connectivity index (χ0v) is 14.4. The third-order valence-electron chi connectivity index (χ3n) is 4.63. The highest BCUT2D eigenvalue weighted by atomic mass is 16.5. The van der Waals surface area contributed by atoms with Crippen molar-refractivity contribution in [3.63, 3.8) is 0 Å². The molecule has 4 rings (SSSR count). The first-order chi connectivity index (χ1) is 12.8. The molecule has 0 spiro atoms. The first kappa shape index (κ1) is 16.3. The van der Waals surface area contributed by atoms with E-state index >= 15 is 0 Å². The number of H-pyrrole nitrogens is 1. The van der Waals surface area contributed by atoms with E-state index in [2.05, 4.69) is 19.9 Å². The smallest absolute Gasteiger partial charge is 0.229 e. The predicted octanol–water partition coefficient (Wildman–Crippen LogP) is 1.93. The van der Waals surface area contributed by atoms with Gasteiger partial charge >= 0.3 is 0 Å². The van der Waals surface area contributed by atoms with Crippen molar-refractivity contribution in [1.29, 1.82) is 0 Å². The Kier molecular flexibility index (Phi) is 4.35. The Labute approximate surface area is 151 Å². The molecule has 7 nitrogen and oxygen atoms in total. The van der Waals surface area contributed by atoms with E-state index in [0.29, 0.717) is 18.0 Å². The number of rotatable bonds is 4. The summed E-state index contributed by atoms with van der Waals surface area (Å²) in [5.74, 6) is 0.612. The molecule has 1 aliphatic rings. The van der Waals surface area contributed by atoms with Gasteiger partial charge in [0.15, 0.2) is 0 Å². The molecule has 0 fully saturated rings. The van der Waals surface area contributed by atoms with Gasteiger partial charge < -0.3 is 14.6 Å². The number of ether oxygens (including phenoxy) is 1. The highest BCUT2D eigenvalue weighted by Crippen LogP contribution is 2.33. The van der Waals surface area contributed by atoms with Crippen molar-refractivity contribution in [2.24, 2.45) is 0 Å². The van der Waals surface area contributed by atoms with Crippen LogP contribution in [0.15, 0.2) is 49.2 Å². The van der Waals surface area contributed by atoms with E-state index in [0.717, 1.165) is 23.4 Å². The largest absolute Gasteiger partial charge is 0.495 e. The Balaban J connectivity index is 1.67. The lowest BCUT2D eigenvalue weighted by Gasteiger charge is -2.35. The summed E-state index contributed by atoms with van der Waals surface area (Å²) in [7, 11) is 1.58. The molecule has 1 amide bonds. The van der Waals surface area contributed by atoms with Gasteiger partial charge in [0, 0.05) is 37.3 Å². The first-order valence-electron chi connectivity index (χ1n) is 8.47. The molecule has 1 aliphatic heterocycles. The number of nitrogens with zero attached hydrogens (tertiary/aromatic N) is 4. The van der Waals surface area contributed by atoms with E-state index in [-0.39, 0.29) is 18.4 Å². The lowest BCUT2D eigenvalue weighted by Crippen LogP contribution is -2.41. The fourth-order valence-electron chi connectivity index (χ4n) is 3.41. The summed E-state index contributed by atoms with van der Waals surface area (Å²) in [6, 6.07) is 7.21. The summed E-state index contributed by atoms with van der Waals surface area (Å²) >= 11 is 0. The highest BCUT2D eigenvalue weighted by Gasteiger charge is 2.34. The molecule has 1 atom stereocenters. The number of fused-ring (bicyclic) bond motifs is 1. The van der Waals surface area contributed by atoms with Crippen LogP contribution in [-0.4, -0.2) is 44.4 Å². The molecule has 0 saturated heterocycles. The van der Waals surface area contributed by atoms with Crippen LogP contribution in [0, 0.1) is 0 Å². The number of carbonyl (C=O) groups is 1. The molecular weight excluding hydrogens is 330 g/mol. The number of aromatic nitrogens is 4. The zero-order chi connectivity index (χ0) is 17.9. The molecule has 132 valence electrons. The number of methoxy groups -OCH3 is 1. The van der Waals surface area contributed by atoms with E-state index in [1.165, 1.54) is 0 Å². The minimum atomic E-state index is -0.249. The van der Waals surface area contributed by atoms with Crippen molar-refractivity contribution in [1.82, 2.24) is 24.8 Å². The van der Waals surface area contributed by atoms with Gasteiger partial charge in [-0.25, -0.2) is 4.98 Å². The van der Waals surface area contributed by atoms with E-state index in [1.54, 1.807) is 38.1 Å². The summed E-state index contributed by atoms with van der Waals surface area (Å²) < 4.78 is 5.33. The summed E-state index contributed by atoms with van der Waals surface area (Å²) in [5, 5.41) is 0. The number of hydrogen-bond acceptors (Lipinski definition) is 5. The van der Waals surface area contributed by atoms with Crippen LogP contribution < -0.4 is 4.74 Å². The minimum absolute atomic E-state index is 0.00972. The summed E-state index contributed by atoms with van der Waals surface area (Å²) in [5.41, 5.74) is 3.53. The molecule has 0 bridgehead atoms. The molecule has 0 radical (unpaired) electrons. The monoisotopic (exact) mass is 349 g/mol. The molecular formula is C19H19N5O2. The summed E-state index contributed by atoms with van der Waals surface area (Å²) in [4.78, 5) is 31.2. The number of aromatic amines is 1. The van der Waals surface area contributed by atoms with Crippen molar-refractivity contribution in [2.45, 2.75) is 18.9 Å². The second-order valence-corrected chi connectivity index (χ2v) is 6.12. The van der Waals surface area contributed by atoms with Crippen LogP contribution in [0.4, 0.5) is 0 Å². The molecule has 0 aliphatic carbocycles. The van der Waals surface area contributed by atoms with Crippen LogP contribution in [0.5, 0.6) is 5.75 Å². The van der Waals surface area contributed by atoms with Crippen molar-refractivity contribution in [2.75, 3.05) is 13.7 Å². The third-order valence-corrected chi connectivity index (χ3v) is 4.63. The van der Waals surface area contributed by atoms with Gasteiger partial charge in [0.2, 0.25) is 5.91 Å². The standard InChI is InChI=1S/C19H19N5O2/c1-26-16-5-3-8-21-15(16)10-17(25)24-9-6-14-18(23-12-22-14)19(24)13-4-2-7-20-11-13/h2-5,7-8,11-12,19H,6,9-10H2,1H3,(H,22,23)/t19-/m1/s1. The second-order valence-electron chi connectivity index (χ2n) is 6.12. The van der Waals surface area contributed by atoms with Crippen molar-refractivity contribution >= 4 is 5.91 Å². The topological polar surface area (TPSA) is 84.0 Å². The second kappa shape index (κ2) is 6.95. The van der Waals surface area contributed by atoms with E-state index in [9.17, 15) is 4.79 Å². The molecule has 0 saturated carbocycles. The fourth-order valence-corrected chi connectivity index (χ4v) is 3.41. The van der Waals surface area contributed by atoms with Gasteiger partial charge in [-0.2, -0.15) is 0 Å². The first-order valence-corrected chi connectivity index (χ1v) is 8.47. The number of nitrogens with one attached hydrogen (secondary N) is 1. The van der Waals surface area contributed by atoms with Crippen LogP contribution in [0.1, 0.15) is 28.7 Å². The average Bonchev–Trinajstić information content (AvgIpc) is 3.17. The Morgan fingerprint density at radius 2 is 2.19 bits per heavy atom. The molecule has 7 heteroatoms. The average molecular weight is 349 g/mol. The van der Waals surface area contributed by atoms with Crippen molar-refractivity contribution < 1.29 is 9.53 Å². The Hall–Kier alpha value is -3.22. The van der Waals surface area contributed by atoms with E-state index < -0.39 is 0 Å². The molecule has 3 aromatic rings. The Morgan fingerprint density at radius 1 is 1.31 bits per heavy atom. The number of amides is 1. The quantitative estimate of drug-likeness (QED) is 0.778. The Bertz CT molecular complexity index is 909. The van der Waals surface area contributed by atoms with Crippen molar-refractivity contribution in [3.05, 3.63) is 71.8 Å². The molecule has 1 N–H and O–H groups in total. The minimum Gasteiger partial charge on any atom is -0.495 e. The lowest BCUT2D eigenvalue weighted by molar-refractivity contribution is -0.132. The summed E-state index contributed by atoms with van der Waals surface area (Å²) in [6.45, 7) is 0.614. The zero-order valence-electron chi connectivity index (χ0n) is 14.4. The molecule has 4 heterocycles. The maximum absolute atomic E-state index is 13.1. The maximum Gasteiger partial charge on any atom is 0.229 e. The number of hydrogen-bond donors (Lipinski definition) is 1. The molecule has 26 heavy (non-hydrogen) atoms. The van der Waals surface area contributed by atoms with E-state index in [1.807, 2.05) is 23.1 Å². The Morgan fingerprint density at radius 3 is 3.00 bits per heavy atom. The van der Waals surface area contributed by atoms with Crippen LogP contribution in [0.3, 0.4) is 0 Å². The van der Waals surface area contributed by atoms with Gasteiger partial charge in [-0.15, -0.1) is 0 Å². The lowest BCUT2D eigenvalue weighted by atomic mass is 9.96. The molecule has 0 aromatic carbocycles. The van der Waals surface area contributed by atoms with Gasteiger partial charge in [-0.3, -0.25) is 14.8 Å². The van der Waals surface area contributed by atoms with Crippen LogP contribution in [0.25, 0.3) is 0 Å². The number of pyridine rings is 2. The van der Waals surface area contributed by atoms with Crippen LogP contribution in [0.2, 0.25) is 0 Å². The molecule has 3 aromatic heterocycles. The van der Waals surface area contributed by atoms with Gasteiger partial charge in [-0.05, 0) is 23.8 Å². The maximum atomic E-state index is 13.1. The SMILES string of the molecule is COc1cccnc1CC(=O)N1CCc2[nH]cnc2[C@H]1c1cccnc1. The van der Waals surface area contributed by atoms with Gasteiger partial charge in [0.05, 0.1) is 31.2 Å². The normalized spacial score (nSPS) is 16.2. The van der Waals surface area contributed by atoms with Gasteiger partial charge in [-0.1, -0.05) is 6.07 Å². The summed E-state index contributed by atoms with van der Waals surface area (Å²) in [6.07, 6.45) is 7.80. The highest BCUT2D eigenvalue weighted by molar-refractivity contribution is 5.80. The van der Waals surface area contributed by atoms with E-state index in [4.69, 9.17) is 4.74 Å². The molecule has 0 unspecified atom stereocenters. The van der Waals surface area contributed by atoms with Gasteiger partial charge in [0.1, 0.15) is 11.8 Å². The fraction of sp³-hybridized carbons (Fsp3) is 0.263.